The molecule has 3 heteroatoms. The van der Waals surface area contributed by atoms with E-state index in [-0.39, 0.29) is 23.4 Å². The minimum atomic E-state index is -0.169. The number of ketones is 1. The zero-order valence-corrected chi connectivity index (χ0v) is 19.4. The number of fused-ring (bicyclic) bond motifs is 5. The van der Waals surface area contributed by atoms with E-state index in [1.54, 1.807) is 0 Å². The van der Waals surface area contributed by atoms with Crippen molar-refractivity contribution >= 4 is 11.8 Å². The fourth-order valence-electron chi connectivity index (χ4n) is 8.79. The van der Waals surface area contributed by atoms with Crippen molar-refractivity contribution in [2.75, 3.05) is 0 Å². The maximum absolute atomic E-state index is 12.6. The van der Waals surface area contributed by atoms with Gasteiger partial charge in [0.05, 0.1) is 5.56 Å². The number of hydrogen-bond donors (Lipinski definition) is 0. The molecule has 5 rings (SSSR count). The second-order valence-electron chi connectivity index (χ2n) is 11.6. The highest BCUT2D eigenvalue weighted by molar-refractivity contribution is 5.89. The van der Waals surface area contributed by atoms with Crippen LogP contribution in [0.3, 0.4) is 0 Å². The van der Waals surface area contributed by atoms with Gasteiger partial charge in [-0.15, -0.1) is 0 Å². The summed E-state index contributed by atoms with van der Waals surface area (Å²) in [6.45, 7) is 6.80. The van der Waals surface area contributed by atoms with Crippen LogP contribution in [0.15, 0.2) is 30.3 Å². The molecule has 0 unspecified atom stereocenters. The molecule has 4 aliphatic carbocycles. The maximum Gasteiger partial charge on any atom is 0.338 e. The number of carbonyl (C=O) groups is 2. The summed E-state index contributed by atoms with van der Waals surface area (Å²) in [5, 5.41) is 0. The van der Waals surface area contributed by atoms with E-state index in [0.29, 0.717) is 22.7 Å². The first-order valence-electron chi connectivity index (χ1n) is 12.6. The van der Waals surface area contributed by atoms with Crippen LogP contribution in [-0.4, -0.2) is 17.9 Å². The third-order valence-corrected chi connectivity index (χ3v) is 10.4. The van der Waals surface area contributed by atoms with Gasteiger partial charge in [0.25, 0.3) is 0 Å². The molecule has 31 heavy (non-hydrogen) atoms. The molecule has 3 nitrogen and oxygen atoms in total. The van der Waals surface area contributed by atoms with E-state index < -0.39 is 0 Å². The van der Waals surface area contributed by atoms with Gasteiger partial charge in [-0.1, -0.05) is 32.0 Å². The monoisotopic (exact) mass is 422 g/mol. The Morgan fingerprint density at radius 3 is 2.32 bits per heavy atom. The number of rotatable bonds is 3. The van der Waals surface area contributed by atoms with Crippen molar-refractivity contribution in [3.8, 4) is 0 Å². The molecule has 1 aromatic carbocycles. The average Bonchev–Trinajstić information content (AvgIpc) is 3.12. The van der Waals surface area contributed by atoms with Gasteiger partial charge in [0, 0.05) is 5.92 Å². The van der Waals surface area contributed by atoms with Crippen LogP contribution < -0.4 is 0 Å². The topological polar surface area (TPSA) is 43.4 Å². The molecule has 0 spiro atoms. The molecular formula is C28H38O3. The molecule has 0 aromatic heterocycles. The van der Waals surface area contributed by atoms with E-state index in [0.717, 1.165) is 37.0 Å². The molecule has 4 aliphatic rings. The minimum Gasteiger partial charge on any atom is -0.459 e. The lowest BCUT2D eigenvalue weighted by atomic mass is 9.44. The van der Waals surface area contributed by atoms with Crippen molar-refractivity contribution in [1.29, 1.82) is 0 Å². The van der Waals surface area contributed by atoms with E-state index in [1.165, 1.54) is 38.5 Å². The molecule has 4 fully saturated rings. The van der Waals surface area contributed by atoms with E-state index in [1.807, 2.05) is 37.3 Å². The Balaban J connectivity index is 1.28. The van der Waals surface area contributed by atoms with Crippen LogP contribution in [0.2, 0.25) is 0 Å². The molecule has 0 N–H and O–H groups in total. The number of esters is 1. The van der Waals surface area contributed by atoms with Crippen molar-refractivity contribution in [1.82, 2.24) is 0 Å². The Morgan fingerprint density at radius 2 is 1.58 bits per heavy atom. The van der Waals surface area contributed by atoms with E-state index >= 15 is 0 Å². The predicted molar refractivity (Wildman–Crippen MR) is 122 cm³/mol. The first kappa shape index (κ1) is 21.2. The lowest BCUT2D eigenvalue weighted by Gasteiger charge is -2.61. The smallest absolute Gasteiger partial charge is 0.338 e. The molecule has 1 aromatic rings. The average molecular weight is 423 g/mol. The Bertz CT molecular complexity index is 847. The third-order valence-electron chi connectivity index (χ3n) is 10.4. The van der Waals surface area contributed by atoms with Crippen LogP contribution in [0.5, 0.6) is 0 Å². The van der Waals surface area contributed by atoms with Gasteiger partial charge in [-0.3, -0.25) is 4.79 Å². The maximum atomic E-state index is 12.6. The van der Waals surface area contributed by atoms with E-state index in [9.17, 15) is 9.59 Å². The molecule has 0 radical (unpaired) electrons. The molecule has 0 aliphatic heterocycles. The fraction of sp³-hybridized carbons (Fsp3) is 0.714. The highest BCUT2D eigenvalue weighted by atomic mass is 16.5. The van der Waals surface area contributed by atoms with Crippen molar-refractivity contribution in [2.24, 2.45) is 40.4 Å². The van der Waals surface area contributed by atoms with Gasteiger partial charge in [-0.05, 0) is 111 Å². The molecule has 168 valence electrons. The van der Waals surface area contributed by atoms with Crippen LogP contribution in [-0.2, 0) is 9.53 Å². The number of ether oxygens (including phenoxy) is 1. The normalized spacial score (nSPS) is 44.0. The van der Waals surface area contributed by atoms with Crippen LogP contribution in [0.4, 0.5) is 0 Å². The van der Waals surface area contributed by atoms with E-state index in [2.05, 4.69) is 13.8 Å². The van der Waals surface area contributed by atoms with Crippen molar-refractivity contribution in [3.05, 3.63) is 35.9 Å². The zero-order valence-electron chi connectivity index (χ0n) is 19.4. The molecule has 0 heterocycles. The summed E-state index contributed by atoms with van der Waals surface area (Å²) in [6.07, 6.45) is 10.7. The predicted octanol–water partition coefficient (Wildman–Crippen LogP) is 6.46. The van der Waals surface area contributed by atoms with Crippen molar-refractivity contribution in [2.45, 2.75) is 84.7 Å². The Morgan fingerprint density at radius 1 is 0.871 bits per heavy atom. The van der Waals surface area contributed by atoms with Crippen LogP contribution >= 0.6 is 0 Å². The van der Waals surface area contributed by atoms with Crippen molar-refractivity contribution in [3.63, 3.8) is 0 Å². The van der Waals surface area contributed by atoms with Gasteiger partial charge in [-0.25, -0.2) is 4.79 Å². The highest BCUT2D eigenvalue weighted by Crippen LogP contribution is 2.67. The number of Topliss-reactive ketones (excluding diaryl/α,β-unsaturated/α-hetero) is 1. The molecule has 0 amide bonds. The van der Waals surface area contributed by atoms with Gasteiger partial charge in [0.2, 0.25) is 0 Å². The number of hydrogen-bond acceptors (Lipinski definition) is 3. The summed E-state index contributed by atoms with van der Waals surface area (Å²) in [4.78, 5) is 24.9. The van der Waals surface area contributed by atoms with Gasteiger partial charge >= 0.3 is 5.97 Å². The van der Waals surface area contributed by atoms with Crippen molar-refractivity contribution < 1.29 is 14.3 Å². The lowest BCUT2D eigenvalue weighted by molar-refractivity contribution is -0.138. The summed E-state index contributed by atoms with van der Waals surface area (Å²) < 4.78 is 5.96. The quantitative estimate of drug-likeness (QED) is 0.525. The second kappa shape index (κ2) is 7.74. The summed E-state index contributed by atoms with van der Waals surface area (Å²) in [5.41, 5.74) is 1.26. The second-order valence-corrected chi connectivity index (χ2v) is 11.6. The number of benzene rings is 1. The summed E-state index contributed by atoms with van der Waals surface area (Å²) in [5.74, 6) is 3.49. The standard InChI is InChI=1S/C28H38O3/c1-18(29)23-11-12-24-22-10-9-20-17-21(31-26(30)19-7-5-4-6-8-19)13-15-27(20,2)25(22)14-16-28(23,24)3/h4-8,20-25H,9-17H2,1-3H3/t20-,21+,22-,23+,24-,25-,27-,28+/m0/s1. The Labute approximate surface area is 187 Å². The van der Waals surface area contributed by atoms with Gasteiger partial charge in [0.15, 0.2) is 0 Å². The number of carbonyl (C=O) groups excluding carboxylic acids is 2. The largest absolute Gasteiger partial charge is 0.459 e. The Hall–Kier alpha value is -1.64. The fourth-order valence-corrected chi connectivity index (χ4v) is 8.79. The first-order chi connectivity index (χ1) is 14.8. The Kier molecular flexibility index (Phi) is 5.30. The third kappa shape index (κ3) is 3.38. The SMILES string of the molecule is CC(=O)[C@H]1CC[C@H]2[C@@H]3CC[C@H]4C[C@H](OC(=O)c5ccccc5)CC[C@]4(C)[C@H]3CC[C@]12C. The van der Waals surface area contributed by atoms with Gasteiger partial charge in [-0.2, -0.15) is 0 Å². The lowest BCUT2D eigenvalue weighted by Crippen LogP contribution is -2.54. The molecule has 4 saturated carbocycles. The van der Waals surface area contributed by atoms with Crippen LogP contribution in [0.1, 0.15) is 88.9 Å². The van der Waals surface area contributed by atoms with E-state index in [4.69, 9.17) is 4.74 Å². The van der Waals surface area contributed by atoms with Crippen LogP contribution in [0, 0.1) is 40.4 Å². The van der Waals surface area contributed by atoms with Crippen LogP contribution in [0.25, 0.3) is 0 Å². The summed E-state index contributed by atoms with van der Waals surface area (Å²) in [6, 6.07) is 9.41. The minimum absolute atomic E-state index is 0.0600. The van der Waals surface area contributed by atoms with Gasteiger partial charge in [0.1, 0.15) is 11.9 Å². The highest BCUT2D eigenvalue weighted by Gasteiger charge is 2.60. The molecule has 0 saturated heterocycles. The van der Waals surface area contributed by atoms with Gasteiger partial charge < -0.3 is 4.74 Å². The molecule has 0 bridgehead atoms. The summed E-state index contributed by atoms with van der Waals surface area (Å²) >= 11 is 0. The first-order valence-corrected chi connectivity index (χ1v) is 12.6. The zero-order chi connectivity index (χ0) is 21.8. The molecule has 8 atom stereocenters. The molecular weight excluding hydrogens is 384 g/mol. The summed E-state index contributed by atoms with van der Waals surface area (Å²) in [7, 11) is 0.